The van der Waals surface area contributed by atoms with E-state index in [1.54, 1.807) is 11.0 Å². The van der Waals surface area contributed by atoms with Crippen LogP contribution in [0.15, 0.2) is 54.6 Å². The molecule has 106 valence electrons. The van der Waals surface area contributed by atoms with Crippen molar-refractivity contribution < 1.29 is 4.79 Å². The first-order chi connectivity index (χ1) is 10.1. The number of likely N-dealkylation sites (N-methyl/N-ethyl adjacent to an activating group) is 1. The molecule has 21 heavy (non-hydrogen) atoms. The quantitative estimate of drug-likeness (QED) is 0.936. The molecule has 0 aliphatic rings. The lowest BCUT2D eigenvalue weighted by atomic mass is 10.1. The van der Waals surface area contributed by atoms with Gasteiger partial charge in [0.1, 0.15) is 12.1 Å². The third-order valence-electron chi connectivity index (χ3n) is 3.41. The van der Waals surface area contributed by atoms with E-state index in [1.807, 2.05) is 62.5 Å². The van der Waals surface area contributed by atoms with E-state index >= 15 is 0 Å². The Morgan fingerprint density at radius 3 is 2.43 bits per heavy atom. The second-order valence-corrected chi connectivity index (χ2v) is 4.77. The van der Waals surface area contributed by atoms with Crippen LogP contribution in [0.25, 0.3) is 0 Å². The van der Waals surface area contributed by atoms with Crippen molar-refractivity contribution in [3.63, 3.8) is 0 Å². The monoisotopic (exact) mass is 279 g/mol. The molecule has 0 aliphatic heterocycles. The smallest absolute Gasteiger partial charge is 0.246 e. The van der Waals surface area contributed by atoms with Crippen LogP contribution in [0.3, 0.4) is 0 Å². The number of nitrogens with zero attached hydrogens (tertiary/aromatic N) is 2. The first kappa shape index (κ1) is 14.6. The predicted octanol–water partition coefficient (Wildman–Crippen LogP) is 3.02. The fourth-order valence-electron chi connectivity index (χ4n) is 2.03. The molecule has 0 bridgehead atoms. The summed E-state index contributed by atoms with van der Waals surface area (Å²) < 4.78 is 0. The number of carbonyl (C=O) groups is 1. The zero-order valence-electron chi connectivity index (χ0n) is 12.1. The Morgan fingerprint density at radius 1 is 1.14 bits per heavy atom. The number of rotatable bonds is 4. The molecule has 4 heteroatoms. The fraction of sp³-hybridized carbons (Fsp3) is 0.176. The van der Waals surface area contributed by atoms with Gasteiger partial charge in [-0.25, -0.2) is 0 Å². The van der Waals surface area contributed by atoms with Gasteiger partial charge in [-0.1, -0.05) is 30.3 Å². The molecule has 0 heterocycles. The van der Waals surface area contributed by atoms with Crippen molar-refractivity contribution in [2.75, 3.05) is 17.3 Å². The maximum Gasteiger partial charge on any atom is 0.246 e. The molecule has 1 amide bonds. The van der Waals surface area contributed by atoms with Crippen LogP contribution in [-0.4, -0.2) is 19.0 Å². The summed E-state index contributed by atoms with van der Waals surface area (Å²) in [5, 5.41) is 12.0. The minimum absolute atomic E-state index is 0.114. The van der Waals surface area contributed by atoms with Crippen LogP contribution in [0.4, 0.5) is 11.4 Å². The molecule has 1 N–H and O–H groups in total. The Balaban J connectivity index is 2.14. The molecule has 2 aromatic carbocycles. The van der Waals surface area contributed by atoms with Gasteiger partial charge < -0.3 is 10.2 Å². The summed E-state index contributed by atoms with van der Waals surface area (Å²) in [4.78, 5) is 14.1. The third kappa shape index (κ3) is 3.40. The number of hydrogen-bond donors (Lipinski definition) is 1. The van der Waals surface area contributed by atoms with E-state index in [0.29, 0.717) is 5.56 Å². The average molecular weight is 279 g/mol. The Hall–Kier alpha value is -2.80. The molecule has 0 spiro atoms. The average Bonchev–Trinajstić information content (AvgIpc) is 2.54. The van der Waals surface area contributed by atoms with Crippen molar-refractivity contribution in [1.29, 1.82) is 5.26 Å². The summed E-state index contributed by atoms with van der Waals surface area (Å²) in [6.45, 7) is 1.81. The van der Waals surface area contributed by atoms with Crippen LogP contribution in [0.5, 0.6) is 0 Å². The van der Waals surface area contributed by atoms with Gasteiger partial charge in [-0.3, -0.25) is 4.79 Å². The normalized spacial score (nSPS) is 11.3. The number of carbonyl (C=O) groups excluding carboxylic acids is 1. The van der Waals surface area contributed by atoms with E-state index in [9.17, 15) is 4.79 Å². The van der Waals surface area contributed by atoms with Crippen LogP contribution < -0.4 is 10.2 Å². The van der Waals surface area contributed by atoms with Crippen LogP contribution in [0, 0.1) is 11.3 Å². The van der Waals surface area contributed by atoms with Crippen molar-refractivity contribution in [1.82, 2.24) is 0 Å². The van der Waals surface area contributed by atoms with Gasteiger partial charge >= 0.3 is 0 Å². The highest BCUT2D eigenvalue weighted by Gasteiger charge is 2.20. The molecule has 0 aliphatic carbocycles. The van der Waals surface area contributed by atoms with E-state index in [1.165, 1.54) is 0 Å². The summed E-state index contributed by atoms with van der Waals surface area (Å²) in [6, 6.07) is 18.3. The van der Waals surface area contributed by atoms with Crippen LogP contribution in [0.2, 0.25) is 0 Å². The Labute approximate surface area is 124 Å². The number of nitriles is 1. The number of amides is 1. The molecule has 1 unspecified atom stereocenters. The largest absolute Gasteiger partial charge is 0.362 e. The summed E-state index contributed by atoms with van der Waals surface area (Å²) >= 11 is 0. The fourth-order valence-corrected chi connectivity index (χ4v) is 2.03. The van der Waals surface area contributed by atoms with Gasteiger partial charge in [-0.15, -0.1) is 0 Å². The number of anilines is 2. The van der Waals surface area contributed by atoms with Gasteiger partial charge in [0.05, 0.1) is 11.3 Å². The van der Waals surface area contributed by atoms with E-state index in [2.05, 4.69) is 11.4 Å². The van der Waals surface area contributed by atoms with Crippen LogP contribution in [-0.2, 0) is 4.79 Å². The van der Waals surface area contributed by atoms with Crippen molar-refractivity contribution in [2.24, 2.45) is 0 Å². The van der Waals surface area contributed by atoms with Gasteiger partial charge in [-0.05, 0) is 31.2 Å². The number of nitrogens with one attached hydrogen (secondary N) is 1. The number of hydrogen-bond acceptors (Lipinski definition) is 3. The van der Waals surface area contributed by atoms with Crippen LogP contribution >= 0.6 is 0 Å². The van der Waals surface area contributed by atoms with Crippen molar-refractivity contribution in [3.05, 3.63) is 60.2 Å². The van der Waals surface area contributed by atoms with E-state index in [0.717, 1.165) is 11.4 Å². The highest BCUT2D eigenvalue weighted by molar-refractivity contribution is 5.96. The molecule has 1 atom stereocenters. The summed E-state index contributed by atoms with van der Waals surface area (Å²) in [6.07, 6.45) is 0. The molecule has 2 aromatic rings. The zero-order valence-corrected chi connectivity index (χ0v) is 12.1. The van der Waals surface area contributed by atoms with E-state index < -0.39 is 0 Å². The predicted molar refractivity (Wildman–Crippen MR) is 84.1 cm³/mol. The van der Waals surface area contributed by atoms with Gasteiger partial charge in [0, 0.05) is 12.7 Å². The van der Waals surface area contributed by atoms with Gasteiger partial charge in [0.25, 0.3) is 0 Å². The Kier molecular flexibility index (Phi) is 4.57. The highest BCUT2D eigenvalue weighted by atomic mass is 16.2. The third-order valence-corrected chi connectivity index (χ3v) is 3.41. The molecule has 4 nitrogen and oxygen atoms in total. The summed E-state index contributed by atoms with van der Waals surface area (Å²) in [5.41, 5.74) is 2.06. The van der Waals surface area contributed by atoms with Gasteiger partial charge in [0.2, 0.25) is 5.91 Å². The molecule has 0 radical (unpaired) electrons. The first-order valence-corrected chi connectivity index (χ1v) is 6.71. The molecule has 0 saturated carbocycles. The molecule has 0 fully saturated rings. The second kappa shape index (κ2) is 6.58. The molecular weight excluding hydrogens is 262 g/mol. The van der Waals surface area contributed by atoms with Gasteiger partial charge in [0.15, 0.2) is 0 Å². The standard InChI is InChI=1S/C17H17N3O/c1-13(17(21)19-15-9-4-3-5-10-15)20(2)16-11-7-6-8-14(16)12-18/h3-11,13H,1-2H3,(H,19,21). The number of benzene rings is 2. The van der Waals surface area contributed by atoms with Gasteiger partial charge in [-0.2, -0.15) is 5.26 Å². The Morgan fingerprint density at radius 2 is 1.76 bits per heavy atom. The van der Waals surface area contributed by atoms with Crippen molar-refractivity contribution in [3.8, 4) is 6.07 Å². The number of para-hydroxylation sites is 2. The summed E-state index contributed by atoms with van der Waals surface area (Å²) in [5.74, 6) is -0.114. The molecular formula is C17H17N3O. The SMILES string of the molecule is CC(C(=O)Nc1ccccc1)N(C)c1ccccc1C#N. The lowest BCUT2D eigenvalue weighted by molar-refractivity contribution is -0.117. The van der Waals surface area contributed by atoms with E-state index in [4.69, 9.17) is 5.26 Å². The highest BCUT2D eigenvalue weighted by Crippen LogP contribution is 2.20. The first-order valence-electron chi connectivity index (χ1n) is 6.71. The summed E-state index contributed by atoms with van der Waals surface area (Å²) in [7, 11) is 1.81. The molecule has 0 aromatic heterocycles. The minimum atomic E-state index is -0.389. The molecule has 0 saturated heterocycles. The maximum absolute atomic E-state index is 12.3. The van der Waals surface area contributed by atoms with Crippen molar-refractivity contribution >= 4 is 17.3 Å². The zero-order chi connectivity index (χ0) is 15.2. The lowest BCUT2D eigenvalue weighted by Gasteiger charge is -2.26. The van der Waals surface area contributed by atoms with E-state index in [-0.39, 0.29) is 11.9 Å². The second-order valence-electron chi connectivity index (χ2n) is 4.77. The lowest BCUT2D eigenvalue weighted by Crippen LogP contribution is -2.40. The Bertz CT molecular complexity index is 661. The minimum Gasteiger partial charge on any atom is -0.362 e. The molecule has 2 rings (SSSR count). The topological polar surface area (TPSA) is 56.1 Å². The van der Waals surface area contributed by atoms with Crippen molar-refractivity contribution in [2.45, 2.75) is 13.0 Å². The van der Waals surface area contributed by atoms with Crippen LogP contribution in [0.1, 0.15) is 12.5 Å². The maximum atomic E-state index is 12.3.